The van der Waals surface area contributed by atoms with Gasteiger partial charge in [0, 0.05) is 20.2 Å². The van der Waals surface area contributed by atoms with Crippen LogP contribution < -0.4 is 0 Å². The van der Waals surface area contributed by atoms with Crippen LogP contribution in [0.4, 0.5) is 4.39 Å². The molecular formula is C13H16FNO2. The topological polar surface area (TPSA) is 29.5 Å². The van der Waals surface area contributed by atoms with Crippen molar-refractivity contribution < 1.29 is 13.9 Å². The highest BCUT2D eigenvalue weighted by Crippen LogP contribution is 2.15. The van der Waals surface area contributed by atoms with E-state index in [9.17, 15) is 9.18 Å². The number of likely N-dealkylation sites (N-methyl/N-ethyl adjacent to an activating group) is 1. The van der Waals surface area contributed by atoms with E-state index >= 15 is 0 Å². The molecule has 1 aliphatic rings. The van der Waals surface area contributed by atoms with Crippen molar-refractivity contribution >= 4 is 5.91 Å². The lowest BCUT2D eigenvalue weighted by Crippen LogP contribution is -2.34. The zero-order valence-electron chi connectivity index (χ0n) is 9.86. The van der Waals surface area contributed by atoms with Gasteiger partial charge in [0.25, 0.3) is 5.91 Å². The van der Waals surface area contributed by atoms with Gasteiger partial charge in [0.1, 0.15) is 5.82 Å². The Morgan fingerprint density at radius 1 is 1.53 bits per heavy atom. The Kier molecular flexibility index (Phi) is 3.74. The summed E-state index contributed by atoms with van der Waals surface area (Å²) >= 11 is 0. The molecule has 0 aromatic heterocycles. The van der Waals surface area contributed by atoms with E-state index in [0.717, 1.165) is 19.4 Å². The highest BCUT2D eigenvalue weighted by molar-refractivity contribution is 5.94. The first-order valence-electron chi connectivity index (χ1n) is 5.80. The largest absolute Gasteiger partial charge is 0.376 e. The summed E-state index contributed by atoms with van der Waals surface area (Å²) < 4.78 is 18.9. The van der Waals surface area contributed by atoms with E-state index in [0.29, 0.717) is 6.54 Å². The third kappa shape index (κ3) is 2.82. The van der Waals surface area contributed by atoms with Gasteiger partial charge in [-0.25, -0.2) is 4.39 Å². The van der Waals surface area contributed by atoms with Crippen LogP contribution in [0.1, 0.15) is 23.2 Å². The molecule has 1 saturated heterocycles. The number of hydrogen-bond donors (Lipinski definition) is 0. The van der Waals surface area contributed by atoms with E-state index in [2.05, 4.69) is 0 Å². The summed E-state index contributed by atoms with van der Waals surface area (Å²) in [6, 6.07) is 6.04. The quantitative estimate of drug-likeness (QED) is 0.805. The number of carbonyl (C=O) groups excluding carboxylic acids is 1. The summed E-state index contributed by atoms with van der Waals surface area (Å²) in [5.74, 6) is -0.768. The maximum Gasteiger partial charge on any atom is 0.256 e. The van der Waals surface area contributed by atoms with Gasteiger partial charge in [-0.15, -0.1) is 0 Å². The van der Waals surface area contributed by atoms with Crippen LogP contribution >= 0.6 is 0 Å². The molecule has 1 aliphatic heterocycles. The molecule has 1 atom stereocenters. The molecule has 0 saturated carbocycles. The molecule has 0 radical (unpaired) electrons. The van der Waals surface area contributed by atoms with Crippen molar-refractivity contribution in [2.24, 2.45) is 0 Å². The molecule has 1 unspecified atom stereocenters. The minimum absolute atomic E-state index is 0.0933. The van der Waals surface area contributed by atoms with Gasteiger partial charge in [0.15, 0.2) is 0 Å². The molecule has 3 nitrogen and oxygen atoms in total. The van der Waals surface area contributed by atoms with E-state index in [-0.39, 0.29) is 17.6 Å². The van der Waals surface area contributed by atoms with Crippen molar-refractivity contribution in [1.82, 2.24) is 4.90 Å². The Labute approximate surface area is 100 Å². The lowest BCUT2D eigenvalue weighted by Gasteiger charge is -2.21. The molecule has 1 amide bonds. The fourth-order valence-corrected chi connectivity index (χ4v) is 2.02. The minimum Gasteiger partial charge on any atom is -0.376 e. The summed E-state index contributed by atoms with van der Waals surface area (Å²) in [4.78, 5) is 13.5. The SMILES string of the molecule is CN(CC1CCCO1)C(=O)c1ccccc1F. The van der Waals surface area contributed by atoms with Crippen molar-refractivity contribution in [3.8, 4) is 0 Å². The third-order valence-corrected chi connectivity index (χ3v) is 2.95. The molecule has 17 heavy (non-hydrogen) atoms. The Morgan fingerprint density at radius 3 is 2.94 bits per heavy atom. The average molecular weight is 237 g/mol. The molecule has 2 rings (SSSR count). The van der Waals surface area contributed by atoms with Crippen molar-refractivity contribution in [1.29, 1.82) is 0 Å². The summed E-state index contributed by atoms with van der Waals surface area (Å²) in [5, 5.41) is 0. The van der Waals surface area contributed by atoms with Gasteiger partial charge in [0.05, 0.1) is 11.7 Å². The van der Waals surface area contributed by atoms with Crippen molar-refractivity contribution in [3.63, 3.8) is 0 Å². The molecule has 92 valence electrons. The monoisotopic (exact) mass is 237 g/mol. The van der Waals surface area contributed by atoms with Crippen LogP contribution in [0.3, 0.4) is 0 Å². The lowest BCUT2D eigenvalue weighted by molar-refractivity contribution is 0.0583. The van der Waals surface area contributed by atoms with Crippen LogP contribution in [0.25, 0.3) is 0 Å². The zero-order chi connectivity index (χ0) is 12.3. The van der Waals surface area contributed by atoms with Crippen LogP contribution in [0.5, 0.6) is 0 Å². The van der Waals surface area contributed by atoms with Crippen LogP contribution in [0, 0.1) is 5.82 Å². The average Bonchev–Trinajstić information content (AvgIpc) is 2.81. The molecule has 0 bridgehead atoms. The highest BCUT2D eigenvalue weighted by Gasteiger charge is 2.22. The number of ether oxygens (including phenoxy) is 1. The minimum atomic E-state index is -0.475. The van der Waals surface area contributed by atoms with Crippen molar-refractivity contribution in [3.05, 3.63) is 35.6 Å². The molecule has 1 aromatic carbocycles. The maximum absolute atomic E-state index is 13.4. The first-order valence-corrected chi connectivity index (χ1v) is 5.80. The van der Waals surface area contributed by atoms with Crippen LogP contribution in [-0.2, 0) is 4.74 Å². The van der Waals surface area contributed by atoms with E-state index in [1.807, 2.05) is 0 Å². The number of amides is 1. The van der Waals surface area contributed by atoms with E-state index in [4.69, 9.17) is 4.74 Å². The summed E-state index contributed by atoms with van der Waals surface area (Å²) in [7, 11) is 1.68. The van der Waals surface area contributed by atoms with E-state index in [1.165, 1.54) is 17.0 Å². The standard InChI is InChI=1S/C13H16FNO2/c1-15(9-10-5-4-8-17-10)13(16)11-6-2-3-7-12(11)14/h2-3,6-7,10H,4-5,8-9H2,1H3. The molecule has 0 aliphatic carbocycles. The Bertz CT molecular complexity index is 402. The first-order chi connectivity index (χ1) is 8.18. The summed E-state index contributed by atoms with van der Waals surface area (Å²) in [5.41, 5.74) is 0.119. The van der Waals surface area contributed by atoms with Gasteiger partial charge in [0.2, 0.25) is 0 Å². The van der Waals surface area contributed by atoms with Crippen molar-refractivity contribution in [2.75, 3.05) is 20.2 Å². The number of rotatable bonds is 3. The summed E-state index contributed by atoms with van der Waals surface area (Å²) in [6.07, 6.45) is 2.09. The predicted molar refractivity (Wildman–Crippen MR) is 62.3 cm³/mol. The molecule has 1 aromatic rings. The number of benzene rings is 1. The molecular weight excluding hydrogens is 221 g/mol. The molecule has 0 N–H and O–H groups in total. The Morgan fingerprint density at radius 2 is 2.29 bits per heavy atom. The lowest BCUT2D eigenvalue weighted by atomic mass is 10.1. The number of carbonyl (C=O) groups is 1. The maximum atomic E-state index is 13.4. The third-order valence-electron chi connectivity index (χ3n) is 2.95. The van der Waals surface area contributed by atoms with Crippen LogP contribution in [0.15, 0.2) is 24.3 Å². The van der Waals surface area contributed by atoms with Gasteiger partial charge >= 0.3 is 0 Å². The molecule has 0 spiro atoms. The normalized spacial score (nSPS) is 19.3. The van der Waals surface area contributed by atoms with Gasteiger partial charge in [-0.05, 0) is 25.0 Å². The second-order valence-electron chi connectivity index (χ2n) is 4.30. The van der Waals surface area contributed by atoms with Gasteiger partial charge < -0.3 is 9.64 Å². The van der Waals surface area contributed by atoms with E-state index in [1.54, 1.807) is 19.2 Å². The Balaban J connectivity index is 2.01. The van der Waals surface area contributed by atoms with Crippen LogP contribution in [0.2, 0.25) is 0 Å². The second-order valence-corrected chi connectivity index (χ2v) is 4.30. The van der Waals surface area contributed by atoms with Gasteiger partial charge in [-0.1, -0.05) is 12.1 Å². The zero-order valence-corrected chi connectivity index (χ0v) is 9.86. The fourth-order valence-electron chi connectivity index (χ4n) is 2.02. The number of hydrogen-bond acceptors (Lipinski definition) is 2. The van der Waals surface area contributed by atoms with Crippen LogP contribution in [-0.4, -0.2) is 37.1 Å². The molecule has 4 heteroatoms. The van der Waals surface area contributed by atoms with Gasteiger partial charge in [-0.2, -0.15) is 0 Å². The van der Waals surface area contributed by atoms with Gasteiger partial charge in [-0.3, -0.25) is 4.79 Å². The first kappa shape index (κ1) is 12.0. The summed E-state index contributed by atoms with van der Waals surface area (Å²) in [6.45, 7) is 1.28. The second kappa shape index (κ2) is 5.27. The highest BCUT2D eigenvalue weighted by atomic mass is 19.1. The smallest absolute Gasteiger partial charge is 0.256 e. The predicted octanol–water partition coefficient (Wildman–Crippen LogP) is 2.08. The number of halogens is 1. The Hall–Kier alpha value is -1.42. The molecule has 1 heterocycles. The molecule has 1 fully saturated rings. The number of nitrogens with zero attached hydrogens (tertiary/aromatic N) is 1. The van der Waals surface area contributed by atoms with E-state index < -0.39 is 5.82 Å². The fraction of sp³-hybridized carbons (Fsp3) is 0.462. The van der Waals surface area contributed by atoms with Crippen molar-refractivity contribution in [2.45, 2.75) is 18.9 Å².